The molecule has 0 spiro atoms. The van der Waals surface area contributed by atoms with Crippen LogP contribution in [0.25, 0.3) is 0 Å². The lowest BCUT2D eigenvalue weighted by atomic mass is 9.82. The fraction of sp³-hybridized carbons (Fsp3) is 0.818. The zero-order chi connectivity index (χ0) is 9.73. The van der Waals surface area contributed by atoms with Gasteiger partial charge in [-0.3, -0.25) is 0 Å². The lowest BCUT2D eigenvalue weighted by molar-refractivity contribution is 0.0245. The molecule has 0 radical (unpaired) electrons. The summed E-state index contributed by atoms with van der Waals surface area (Å²) in [5, 5.41) is 3.44. The summed E-state index contributed by atoms with van der Waals surface area (Å²) in [4.78, 5) is 0. The highest BCUT2D eigenvalue weighted by Crippen LogP contribution is 2.28. The molecule has 0 saturated carbocycles. The van der Waals surface area contributed by atoms with Crippen LogP contribution in [-0.2, 0) is 4.74 Å². The molecule has 1 rings (SSSR count). The molecule has 1 heterocycles. The Morgan fingerprint density at radius 2 is 2.08 bits per heavy atom. The second-order valence-electron chi connectivity index (χ2n) is 4.48. The molecule has 1 aliphatic heterocycles. The zero-order valence-corrected chi connectivity index (χ0v) is 8.86. The second kappa shape index (κ2) is 4.77. The summed E-state index contributed by atoms with van der Waals surface area (Å²) in [6.07, 6.45) is 2.35. The van der Waals surface area contributed by atoms with Gasteiger partial charge in [0.25, 0.3) is 0 Å². The molecule has 2 heteroatoms. The fourth-order valence-electron chi connectivity index (χ4n) is 1.62. The SMILES string of the molecule is C=C(C)CNCC1(C)CCOCC1. The van der Waals surface area contributed by atoms with E-state index in [9.17, 15) is 0 Å². The van der Waals surface area contributed by atoms with Gasteiger partial charge < -0.3 is 10.1 Å². The molecular weight excluding hydrogens is 162 g/mol. The van der Waals surface area contributed by atoms with Gasteiger partial charge in [-0.05, 0) is 25.2 Å². The standard InChI is InChI=1S/C11H21NO/c1-10(2)8-12-9-11(3)4-6-13-7-5-11/h12H,1,4-9H2,2-3H3. The zero-order valence-electron chi connectivity index (χ0n) is 8.86. The van der Waals surface area contributed by atoms with Gasteiger partial charge in [-0.25, -0.2) is 0 Å². The third kappa shape index (κ3) is 3.92. The number of nitrogens with one attached hydrogen (secondary N) is 1. The first-order valence-corrected chi connectivity index (χ1v) is 5.05. The molecular formula is C11H21NO. The average Bonchev–Trinajstić information content (AvgIpc) is 2.04. The van der Waals surface area contributed by atoms with Crippen molar-refractivity contribution in [2.45, 2.75) is 26.7 Å². The smallest absolute Gasteiger partial charge is 0.0471 e. The van der Waals surface area contributed by atoms with E-state index in [1.54, 1.807) is 0 Å². The van der Waals surface area contributed by atoms with Crippen molar-refractivity contribution in [1.82, 2.24) is 5.32 Å². The maximum Gasteiger partial charge on any atom is 0.0471 e. The van der Waals surface area contributed by atoms with Crippen LogP contribution in [0.5, 0.6) is 0 Å². The normalized spacial score (nSPS) is 21.4. The molecule has 0 amide bonds. The van der Waals surface area contributed by atoms with E-state index in [4.69, 9.17) is 4.74 Å². The van der Waals surface area contributed by atoms with Gasteiger partial charge in [0, 0.05) is 26.3 Å². The predicted octanol–water partition coefficient (Wildman–Crippen LogP) is 1.97. The molecule has 1 saturated heterocycles. The Balaban J connectivity index is 2.21. The van der Waals surface area contributed by atoms with Gasteiger partial charge in [-0.1, -0.05) is 19.1 Å². The average molecular weight is 183 g/mol. The van der Waals surface area contributed by atoms with Gasteiger partial charge in [-0.15, -0.1) is 0 Å². The first-order chi connectivity index (χ1) is 6.12. The number of hydrogen-bond donors (Lipinski definition) is 1. The highest BCUT2D eigenvalue weighted by Gasteiger charge is 2.26. The van der Waals surface area contributed by atoms with E-state index in [2.05, 4.69) is 25.7 Å². The van der Waals surface area contributed by atoms with Gasteiger partial charge in [-0.2, -0.15) is 0 Å². The Kier molecular flexibility index (Phi) is 3.94. The monoisotopic (exact) mass is 183 g/mol. The van der Waals surface area contributed by atoms with E-state index in [1.807, 2.05) is 0 Å². The number of ether oxygens (including phenoxy) is 1. The highest BCUT2D eigenvalue weighted by atomic mass is 16.5. The van der Waals surface area contributed by atoms with Crippen LogP contribution in [0.2, 0.25) is 0 Å². The van der Waals surface area contributed by atoms with Crippen molar-refractivity contribution in [2.24, 2.45) is 5.41 Å². The Labute approximate surface area is 81.4 Å². The van der Waals surface area contributed by atoms with Crippen LogP contribution in [0, 0.1) is 5.41 Å². The lowest BCUT2D eigenvalue weighted by Crippen LogP contribution is -2.37. The molecule has 2 nitrogen and oxygen atoms in total. The van der Waals surface area contributed by atoms with Crippen molar-refractivity contribution < 1.29 is 4.74 Å². The molecule has 76 valence electrons. The van der Waals surface area contributed by atoms with Crippen molar-refractivity contribution in [3.63, 3.8) is 0 Å². The molecule has 0 unspecified atom stereocenters. The van der Waals surface area contributed by atoms with Crippen LogP contribution in [-0.4, -0.2) is 26.3 Å². The molecule has 0 atom stereocenters. The second-order valence-corrected chi connectivity index (χ2v) is 4.48. The van der Waals surface area contributed by atoms with Crippen molar-refractivity contribution in [3.05, 3.63) is 12.2 Å². The van der Waals surface area contributed by atoms with Crippen molar-refractivity contribution in [2.75, 3.05) is 26.3 Å². The van der Waals surface area contributed by atoms with Crippen LogP contribution >= 0.6 is 0 Å². The van der Waals surface area contributed by atoms with E-state index in [0.717, 1.165) is 26.3 Å². The molecule has 0 aromatic rings. The summed E-state index contributed by atoms with van der Waals surface area (Å²) in [5.41, 5.74) is 1.64. The summed E-state index contributed by atoms with van der Waals surface area (Å²) in [6.45, 7) is 12.1. The molecule has 1 aliphatic rings. The van der Waals surface area contributed by atoms with Gasteiger partial charge in [0.2, 0.25) is 0 Å². The quantitative estimate of drug-likeness (QED) is 0.673. The minimum Gasteiger partial charge on any atom is -0.381 e. The fourth-order valence-corrected chi connectivity index (χ4v) is 1.62. The number of hydrogen-bond acceptors (Lipinski definition) is 2. The summed E-state index contributed by atoms with van der Waals surface area (Å²) >= 11 is 0. The van der Waals surface area contributed by atoms with Crippen molar-refractivity contribution in [1.29, 1.82) is 0 Å². The molecule has 0 aromatic heterocycles. The summed E-state index contributed by atoms with van der Waals surface area (Å²) in [7, 11) is 0. The van der Waals surface area contributed by atoms with Crippen LogP contribution in [0.4, 0.5) is 0 Å². The summed E-state index contributed by atoms with van der Waals surface area (Å²) < 4.78 is 5.35. The Morgan fingerprint density at radius 3 is 2.62 bits per heavy atom. The van der Waals surface area contributed by atoms with Gasteiger partial charge in [0.15, 0.2) is 0 Å². The summed E-state index contributed by atoms with van der Waals surface area (Å²) in [6, 6.07) is 0. The Hall–Kier alpha value is -0.340. The molecule has 1 fully saturated rings. The van der Waals surface area contributed by atoms with Crippen molar-refractivity contribution in [3.8, 4) is 0 Å². The molecule has 0 aromatic carbocycles. The van der Waals surface area contributed by atoms with Crippen LogP contribution < -0.4 is 5.32 Å². The minimum atomic E-state index is 0.438. The highest BCUT2D eigenvalue weighted by molar-refractivity contribution is 4.91. The van der Waals surface area contributed by atoms with Gasteiger partial charge in [0.1, 0.15) is 0 Å². The Bertz CT molecular complexity index is 171. The van der Waals surface area contributed by atoms with Crippen LogP contribution in [0.3, 0.4) is 0 Å². The lowest BCUT2D eigenvalue weighted by Gasteiger charge is -2.33. The largest absolute Gasteiger partial charge is 0.381 e. The minimum absolute atomic E-state index is 0.438. The van der Waals surface area contributed by atoms with E-state index < -0.39 is 0 Å². The van der Waals surface area contributed by atoms with E-state index in [0.29, 0.717) is 5.41 Å². The third-order valence-corrected chi connectivity index (χ3v) is 2.68. The van der Waals surface area contributed by atoms with E-state index in [1.165, 1.54) is 18.4 Å². The summed E-state index contributed by atoms with van der Waals surface area (Å²) in [5.74, 6) is 0. The Morgan fingerprint density at radius 1 is 1.46 bits per heavy atom. The molecule has 0 aliphatic carbocycles. The first-order valence-electron chi connectivity index (χ1n) is 5.05. The maximum absolute atomic E-state index is 5.35. The third-order valence-electron chi connectivity index (χ3n) is 2.68. The van der Waals surface area contributed by atoms with E-state index >= 15 is 0 Å². The van der Waals surface area contributed by atoms with Gasteiger partial charge >= 0.3 is 0 Å². The van der Waals surface area contributed by atoms with Crippen LogP contribution in [0.1, 0.15) is 26.7 Å². The molecule has 0 bridgehead atoms. The molecule has 13 heavy (non-hydrogen) atoms. The molecule has 1 N–H and O–H groups in total. The van der Waals surface area contributed by atoms with E-state index in [-0.39, 0.29) is 0 Å². The topological polar surface area (TPSA) is 21.3 Å². The predicted molar refractivity (Wildman–Crippen MR) is 55.8 cm³/mol. The van der Waals surface area contributed by atoms with Gasteiger partial charge in [0.05, 0.1) is 0 Å². The first kappa shape index (κ1) is 10.7. The maximum atomic E-state index is 5.35. The van der Waals surface area contributed by atoms with Crippen LogP contribution in [0.15, 0.2) is 12.2 Å². The van der Waals surface area contributed by atoms with Crippen molar-refractivity contribution >= 4 is 0 Å². The number of rotatable bonds is 4.